The van der Waals surface area contributed by atoms with Gasteiger partial charge in [0.15, 0.2) is 11.5 Å². The van der Waals surface area contributed by atoms with Gasteiger partial charge in [-0.05, 0) is 5.56 Å². The smallest absolute Gasteiger partial charge is 0.258 e. The Labute approximate surface area is 90.9 Å². The Bertz CT molecular complexity index is 499. The number of pyridine rings is 1. The number of aromatic hydroxyl groups is 4. The van der Waals surface area contributed by atoms with Crippen LogP contribution in [0.4, 0.5) is 0 Å². The summed E-state index contributed by atoms with van der Waals surface area (Å²) in [7, 11) is 0. The average molecular weight is 219 g/mol. The molecule has 1 aromatic heterocycles. The second kappa shape index (κ2) is 3.62. The normalized spacial score (nSPS) is 10.2. The summed E-state index contributed by atoms with van der Waals surface area (Å²) in [4.78, 5) is 3.17. The number of hydrogen-bond acceptors (Lipinski definition) is 5. The molecule has 0 radical (unpaired) electrons. The predicted molar refractivity (Wildman–Crippen MR) is 56.3 cm³/mol. The monoisotopic (exact) mass is 219 g/mol. The summed E-state index contributed by atoms with van der Waals surface area (Å²) < 4.78 is 0. The van der Waals surface area contributed by atoms with Crippen LogP contribution in [0.2, 0.25) is 0 Å². The largest absolute Gasteiger partial charge is 0.503 e. The van der Waals surface area contributed by atoms with Gasteiger partial charge in [0.2, 0.25) is 0 Å². The van der Waals surface area contributed by atoms with Crippen LogP contribution in [-0.4, -0.2) is 25.4 Å². The van der Waals surface area contributed by atoms with E-state index >= 15 is 0 Å². The minimum atomic E-state index is -0.728. The van der Waals surface area contributed by atoms with E-state index in [0.29, 0.717) is 5.56 Å². The van der Waals surface area contributed by atoms with Crippen LogP contribution >= 0.6 is 0 Å². The van der Waals surface area contributed by atoms with Crippen molar-refractivity contribution in [3.8, 4) is 34.4 Å². The van der Waals surface area contributed by atoms with E-state index < -0.39 is 23.3 Å². The molecular weight excluding hydrogens is 210 g/mol. The van der Waals surface area contributed by atoms with Crippen molar-refractivity contribution in [2.24, 2.45) is 0 Å². The Kier molecular flexibility index (Phi) is 2.28. The van der Waals surface area contributed by atoms with Crippen molar-refractivity contribution in [3.63, 3.8) is 0 Å². The van der Waals surface area contributed by atoms with Crippen LogP contribution < -0.4 is 0 Å². The maximum atomic E-state index is 9.57. The first-order chi connectivity index (χ1) is 7.61. The van der Waals surface area contributed by atoms with E-state index in [9.17, 15) is 20.4 Å². The molecule has 0 aliphatic rings. The van der Waals surface area contributed by atoms with E-state index in [4.69, 9.17) is 0 Å². The van der Waals surface area contributed by atoms with Gasteiger partial charge < -0.3 is 20.4 Å². The van der Waals surface area contributed by atoms with Crippen LogP contribution in [0.15, 0.2) is 30.3 Å². The third kappa shape index (κ3) is 1.48. The topological polar surface area (TPSA) is 93.8 Å². The Balaban J connectivity index is 2.74. The maximum Gasteiger partial charge on any atom is 0.258 e. The zero-order valence-electron chi connectivity index (χ0n) is 8.12. The van der Waals surface area contributed by atoms with Gasteiger partial charge >= 0.3 is 0 Å². The van der Waals surface area contributed by atoms with Crippen molar-refractivity contribution >= 4 is 0 Å². The molecule has 0 spiro atoms. The average Bonchev–Trinajstić information content (AvgIpc) is 2.28. The summed E-state index contributed by atoms with van der Waals surface area (Å²) in [6, 6.07) is 8.39. The highest BCUT2D eigenvalue weighted by Crippen LogP contribution is 2.45. The number of hydrogen-bond donors (Lipinski definition) is 4. The van der Waals surface area contributed by atoms with Crippen LogP contribution in [0.25, 0.3) is 11.1 Å². The van der Waals surface area contributed by atoms with Gasteiger partial charge in [-0.25, -0.2) is 0 Å². The molecule has 16 heavy (non-hydrogen) atoms. The molecule has 0 aliphatic carbocycles. The first-order valence-corrected chi connectivity index (χ1v) is 4.50. The molecule has 4 N–H and O–H groups in total. The van der Waals surface area contributed by atoms with Gasteiger partial charge in [-0.2, -0.15) is 4.98 Å². The zero-order valence-corrected chi connectivity index (χ0v) is 8.12. The first kappa shape index (κ1) is 10.1. The Morgan fingerprint density at radius 2 is 1.25 bits per heavy atom. The van der Waals surface area contributed by atoms with Crippen molar-refractivity contribution in [2.45, 2.75) is 0 Å². The fourth-order valence-corrected chi connectivity index (χ4v) is 1.42. The molecule has 5 nitrogen and oxygen atoms in total. The highest BCUT2D eigenvalue weighted by atomic mass is 16.3. The van der Waals surface area contributed by atoms with E-state index in [0.717, 1.165) is 0 Å². The third-order valence-corrected chi connectivity index (χ3v) is 2.17. The van der Waals surface area contributed by atoms with E-state index in [2.05, 4.69) is 4.98 Å². The lowest BCUT2D eigenvalue weighted by molar-refractivity contribution is 0.349. The predicted octanol–water partition coefficient (Wildman–Crippen LogP) is 1.57. The Morgan fingerprint density at radius 1 is 0.750 bits per heavy atom. The van der Waals surface area contributed by atoms with Gasteiger partial charge in [0, 0.05) is 0 Å². The molecule has 0 amide bonds. The molecule has 1 aromatic carbocycles. The quantitative estimate of drug-likeness (QED) is 0.584. The fourth-order valence-electron chi connectivity index (χ4n) is 1.42. The second-order valence-electron chi connectivity index (χ2n) is 3.20. The SMILES string of the molecule is Oc1nc(O)c(O)c(-c2ccccc2)c1O. The standard InChI is InChI=1S/C11H9NO4/c13-8-7(6-4-2-1-3-5-6)9(14)11(16)12-10(8)15/h1-5,13-14H,(H2,12,15,16). The molecule has 0 unspecified atom stereocenters. The van der Waals surface area contributed by atoms with Crippen LogP contribution in [0.3, 0.4) is 0 Å². The molecule has 5 heteroatoms. The lowest BCUT2D eigenvalue weighted by atomic mass is 10.1. The number of rotatable bonds is 1. The van der Waals surface area contributed by atoms with Crippen LogP contribution in [0.1, 0.15) is 0 Å². The molecule has 0 atom stereocenters. The van der Waals surface area contributed by atoms with Crippen molar-refractivity contribution in [1.29, 1.82) is 0 Å². The molecule has 2 aromatic rings. The lowest BCUT2D eigenvalue weighted by Crippen LogP contribution is -1.85. The third-order valence-electron chi connectivity index (χ3n) is 2.17. The van der Waals surface area contributed by atoms with Gasteiger partial charge in [-0.1, -0.05) is 30.3 Å². The summed E-state index contributed by atoms with van der Waals surface area (Å²) in [5.74, 6) is -2.59. The summed E-state index contributed by atoms with van der Waals surface area (Å²) in [5, 5.41) is 37.6. The summed E-state index contributed by atoms with van der Waals surface area (Å²) in [5.41, 5.74) is 0.413. The van der Waals surface area contributed by atoms with Crippen LogP contribution in [-0.2, 0) is 0 Å². The van der Waals surface area contributed by atoms with Crippen molar-refractivity contribution in [3.05, 3.63) is 30.3 Å². The number of benzene rings is 1. The van der Waals surface area contributed by atoms with Crippen molar-refractivity contribution < 1.29 is 20.4 Å². The molecule has 0 bridgehead atoms. The van der Waals surface area contributed by atoms with Crippen LogP contribution in [0.5, 0.6) is 23.3 Å². The second-order valence-corrected chi connectivity index (χ2v) is 3.20. The van der Waals surface area contributed by atoms with Crippen molar-refractivity contribution in [1.82, 2.24) is 4.98 Å². The van der Waals surface area contributed by atoms with Gasteiger partial charge in [0.1, 0.15) is 0 Å². The lowest BCUT2D eigenvalue weighted by Gasteiger charge is -2.09. The molecule has 0 aliphatic heterocycles. The minimum Gasteiger partial charge on any atom is -0.503 e. The first-order valence-electron chi connectivity index (χ1n) is 4.50. The summed E-state index contributed by atoms with van der Waals surface area (Å²) in [6.45, 7) is 0. The summed E-state index contributed by atoms with van der Waals surface area (Å²) in [6.07, 6.45) is 0. The highest BCUT2D eigenvalue weighted by molar-refractivity contribution is 5.79. The Morgan fingerprint density at radius 3 is 1.75 bits per heavy atom. The van der Waals surface area contributed by atoms with E-state index in [1.807, 2.05) is 0 Å². The van der Waals surface area contributed by atoms with E-state index in [1.54, 1.807) is 30.3 Å². The Hall–Kier alpha value is -2.43. The zero-order chi connectivity index (χ0) is 11.7. The van der Waals surface area contributed by atoms with Crippen molar-refractivity contribution in [2.75, 3.05) is 0 Å². The van der Waals surface area contributed by atoms with Gasteiger partial charge in [-0.15, -0.1) is 0 Å². The summed E-state index contributed by atoms with van der Waals surface area (Å²) >= 11 is 0. The van der Waals surface area contributed by atoms with E-state index in [1.165, 1.54) is 0 Å². The van der Waals surface area contributed by atoms with Crippen LogP contribution in [0, 0.1) is 0 Å². The highest BCUT2D eigenvalue weighted by Gasteiger charge is 2.19. The molecule has 2 rings (SSSR count). The number of nitrogens with zero attached hydrogens (tertiary/aromatic N) is 1. The molecule has 0 saturated carbocycles. The minimum absolute atomic E-state index is 0.0504. The van der Waals surface area contributed by atoms with Gasteiger partial charge in [0.05, 0.1) is 5.56 Å². The fraction of sp³-hybridized carbons (Fsp3) is 0. The van der Waals surface area contributed by atoms with Gasteiger partial charge in [-0.3, -0.25) is 0 Å². The maximum absolute atomic E-state index is 9.57. The molecule has 1 heterocycles. The molecule has 82 valence electrons. The van der Waals surface area contributed by atoms with Gasteiger partial charge in [0.25, 0.3) is 11.8 Å². The molecule has 0 fully saturated rings. The number of aromatic nitrogens is 1. The molecular formula is C11H9NO4. The van der Waals surface area contributed by atoms with E-state index in [-0.39, 0.29) is 5.56 Å². The molecule has 0 saturated heterocycles.